The minimum atomic E-state index is -0.995. The predicted molar refractivity (Wildman–Crippen MR) is 139 cm³/mol. The Labute approximate surface area is 216 Å². The number of benzene rings is 1. The maximum absolute atomic E-state index is 12.8. The van der Waals surface area contributed by atoms with E-state index in [1.165, 1.54) is 12.1 Å². The van der Waals surface area contributed by atoms with Crippen molar-refractivity contribution < 1.29 is 28.3 Å². The van der Waals surface area contributed by atoms with Crippen LogP contribution >= 0.6 is 0 Å². The quantitative estimate of drug-likeness (QED) is 0.242. The molecule has 0 saturated carbocycles. The van der Waals surface area contributed by atoms with Crippen molar-refractivity contribution in [3.63, 3.8) is 0 Å². The van der Waals surface area contributed by atoms with Crippen molar-refractivity contribution in [1.82, 2.24) is 10.6 Å². The van der Waals surface area contributed by atoms with E-state index >= 15 is 0 Å². The molecule has 2 rings (SSSR count). The van der Waals surface area contributed by atoms with Crippen LogP contribution in [0.4, 0.5) is 4.79 Å². The van der Waals surface area contributed by atoms with Crippen LogP contribution in [0, 0.1) is 12.8 Å². The Balaban J connectivity index is 1.84. The van der Waals surface area contributed by atoms with Crippen LogP contribution in [0.25, 0.3) is 11.0 Å². The van der Waals surface area contributed by atoms with E-state index in [1.54, 1.807) is 26.0 Å². The standard InChI is InChI=1S/C27H37N3O7/c1-4-5-6-7-8-9-25(33)30-21(15-24(28)32)22(31)12-17(2)16-29-27(35)36-19-10-11-20-18(3)13-26(34)37-23(20)14-19/h10-11,13-14,17,21H,4-9,12,15-16H2,1-3H3,(H2,28,32)(H,29,35)(H,30,33)/t17-,21-/m1/s1. The van der Waals surface area contributed by atoms with Crippen molar-refractivity contribution in [2.45, 2.75) is 78.2 Å². The molecule has 1 aromatic carbocycles. The molecular weight excluding hydrogens is 478 g/mol. The lowest BCUT2D eigenvalue weighted by molar-refractivity contribution is -0.130. The molecule has 0 unspecified atom stereocenters. The molecule has 2 aromatic rings. The summed E-state index contributed by atoms with van der Waals surface area (Å²) in [5.74, 6) is -1.40. The predicted octanol–water partition coefficient (Wildman–Crippen LogP) is 3.51. The monoisotopic (exact) mass is 515 g/mol. The first-order valence-corrected chi connectivity index (χ1v) is 12.7. The summed E-state index contributed by atoms with van der Waals surface area (Å²) >= 11 is 0. The van der Waals surface area contributed by atoms with Gasteiger partial charge in [-0.1, -0.05) is 39.5 Å². The van der Waals surface area contributed by atoms with Crippen molar-refractivity contribution in [3.05, 3.63) is 40.2 Å². The maximum atomic E-state index is 12.8. The first-order valence-electron chi connectivity index (χ1n) is 12.7. The fraction of sp³-hybridized carbons (Fsp3) is 0.519. The Bertz CT molecular complexity index is 1160. The van der Waals surface area contributed by atoms with E-state index in [-0.39, 0.29) is 49.2 Å². The number of nitrogens with one attached hydrogen (secondary N) is 2. The molecule has 0 aliphatic carbocycles. The molecule has 10 heteroatoms. The Morgan fingerprint density at radius 3 is 2.49 bits per heavy atom. The van der Waals surface area contributed by atoms with Gasteiger partial charge < -0.3 is 25.5 Å². The topological polar surface area (TPSA) is 158 Å². The molecule has 0 aliphatic heterocycles. The number of ketones is 1. The fourth-order valence-corrected chi connectivity index (χ4v) is 3.93. The third-order valence-electron chi connectivity index (χ3n) is 5.91. The van der Waals surface area contributed by atoms with Crippen molar-refractivity contribution in [1.29, 1.82) is 0 Å². The number of hydrogen-bond acceptors (Lipinski definition) is 7. The number of amides is 3. The fourth-order valence-electron chi connectivity index (χ4n) is 3.93. The van der Waals surface area contributed by atoms with Gasteiger partial charge in [-0.3, -0.25) is 14.4 Å². The van der Waals surface area contributed by atoms with Crippen LogP contribution in [-0.2, 0) is 14.4 Å². The van der Waals surface area contributed by atoms with Gasteiger partial charge in [-0.15, -0.1) is 0 Å². The van der Waals surface area contributed by atoms with Crippen LogP contribution in [0.1, 0.15) is 70.8 Å². The first-order chi connectivity index (χ1) is 17.6. The number of carbonyl (C=O) groups is 4. The van der Waals surface area contributed by atoms with Gasteiger partial charge in [0.05, 0.1) is 12.5 Å². The Morgan fingerprint density at radius 1 is 1.05 bits per heavy atom. The van der Waals surface area contributed by atoms with E-state index in [1.807, 2.05) is 0 Å². The highest BCUT2D eigenvalue weighted by Gasteiger charge is 2.24. The van der Waals surface area contributed by atoms with Crippen molar-refractivity contribution >= 4 is 34.7 Å². The van der Waals surface area contributed by atoms with Gasteiger partial charge in [-0.25, -0.2) is 9.59 Å². The third-order valence-corrected chi connectivity index (χ3v) is 5.91. The van der Waals surface area contributed by atoms with Crippen LogP contribution in [0.2, 0.25) is 0 Å². The average molecular weight is 516 g/mol. The summed E-state index contributed by atoms with van der Waals surface area (Å²) < 4.78 is 10.4. The summed E-state index contributed by atoms with van der Waals surface area (Å²) in [7, 11) is 0. The Kier molecular flexibility index (Phi) is 11.8. The number of primary amides is 1. The molecule has 0 bridgehead atoms. The molecule has 10 nitrogen and oxygen atoms in total. The first kappa shape index (κ1) is 29.5. The summed E-state index contributed by atoms with van der Waals surface area (Å²) in [6.45, 7) is 5.77. The number of aryl methyl sites for hydroxylation is 1. The molecule has 0 spiro atoms. The van der Waals surface area contributed by atoms with Crippen LogP contribution in [0.15, 0.2) is 33.5 Å². The van der Waals surface area contributed by atoms with Crippen LogP contribution < -0.4 is 26.7 Å². The third kappa shape index (κ3) is 10.4. The van der Waals surface area contributed by atoms with Crippen LogP contribution in [0.5, 0.6) is 5.75 Å². The molecule has 2 atom stereocenters. The summed E-state index contributed by atoms with van der Waals surface area (Å²) in [4.78, 5) is 60.3. The molecule has 0 saturated heterocycles. The molecule has 1 heterocycles. The van der Waals surface area contributed by atoms with Gasteiger partial charge in [0.25, 0.3) is 0 Å². The number of unbranched alkanes of at least 4 members (excludes halogenated alkanes) is 4. The lowest BCUT2D eigenvalue weighted by Crippen LogP contribution is -2.44. The number of rotatable bonds is 15. The number of hydrogen-bond donors (Lipinski definition) is 3. The number of nitrogens with two attached hydrogens (primary N) is 1. The largest absolute Gasteiger partial charge is 0.423 e. The van der Waals surface area contributed by atoms with Crippen molar-refractivity contribution in [2.24, 2.45) is 11.7 Å². The van der Waals surface area contributed by atoms with Crippen molar-refractivity contribution in [3.8, 4) is 5.75 Å². The van der Waals surface area contributed by atoms with Crippen molar-refractivity contribution in [2.75, 3.05) is 6.54 Å². The molecule has 0 radical (unpaired) electrons. The Hall–Kier alpha value is -3.69. The second kappa shape index (κ2) is 14.8. The number of ether oxygens (including phenoxy) is 1. The second-order valence-electron chi connectivity index (χ2n) is 9.41. The van der Waals surface area contributed by atoms with Crippen LogP contribution in [-0.4, -0.2) is 36.3 Å². The highest BCUT2D eigenvalue weighted by atomic mass is 16.6. The Morgan fingerprint density at radius 2 is 1.78 bits per heavy atom. The minimum absolute atomic E-state index is 0.0232. The van der Waals surface area contributed by atoms with E-state index in [4.69, 9.17) is 14.9 Å². The number of Topliss-reactive ketones (excluding diaryl/α,β-unsaturated/α-hetero) is 1. The van der Waals surface area contributed by atoms with E-state index in [0.717, 1.165) is 36.6 Å². The molecule has 37 heavy (non-hydrogen) atoms. The average Bonchev–Trinajstić information content (AvgIpc) is 2.81. The van der Waals surface area contributed by atoms with Gasteiger partial charge in [-0.2, -0.15) is 0 Å². The van der Waals surface area contributed by atoms with Gasteiger partial charge in [0.15, 0.2) is 5.78 Å². The lowest BCUT2D eigenvalue weighted by Gasteiger charge is -2.19. The van der Waals surface area contributed by atoms with E-state index in [0.29, 0.717) is 12.0 Å². The molecule has 0 aliphatic rings. The van der Waals surface area contributed by atoms with E-state index in [9.17, 15) is 24.0 Å². The minimum Gasteiger partial charge on any atom is -0.423 e. The summed E-state index contributed by atoms with van der Waals surface area (Å²) in [6, 6.07) is 5.12. The zero-order chi connectivity index (χ0) is 27.4. The summed E-state index contributed by atoms with van der Waals surface area (Å²) in [6.07, 6.45) is 4.22. The van der Waals surface area contributed by atoms with E-state index in [2.05, 4.69) is 17.6 Å². The SMILES string of the molecule is CCCCCCCC(=O)N[C@H](CC(N)=O)C(=O)C[C@@H](C)CNC(=O)Oc1ccc2c(C)cc(=O)oc2c1. The second-order valence-corrected chi connectivity index (χ2v) is 9.41. The molecular formula is C27H37N3O7. The lowest BCUT2D eigenvalue weighted by atomic mass is 9.97. The van der Waals surface area contributed by atoms with Crippen LogP contribution in [0.3, 0.4) is 0 Å². The molecule has 0 fully saturated rings. The zero-order valence-electron chi connectivity index (χ0n) is 21.8. The molecule has 3 amide bonds. The van der Waals surface area contributed by atoms with Gasteiger partial charge in [0.2, 0.25) is 11.8 Å². The van der Waals surface area contributed by atoms with Gasteiger partial charge in [0.1, 0.15) is 11.3 Å². The molecule has 1 aromatic heterocycles. The van der Waals surface area contributed by atoms with Gasteiger partial charge >= 0.3 is 11.7 Å². The van der Waals surface area contributed by atoms with Gasteiger partial charge in [0, 0.05) is 36.9 Å². The van der Waals surface area contributed by atoms with E-state index < -0.39 is 23.7 Å². The summed E-state index contributed by atoms with van der Waals surface area (Å²) in [5, 5.41) is 5.95. The number of fused-ring (bicyclic) bond motifs is 1. The highest BCUT2D eigenvalue weighted by molar-refractivity contribution is 5.93. The smallest absolute Gasteiger partial charge is 0.412 e. The maximum Gasteiger partial charge on any atom is 0.412 e. The molecule has 202 valence electrons. The normalized spacial score (nSPS) is 12.5. The highest BCUT2D eigenvalue weighted by Crippen LogP contribution is 2.22. The molecule has 4 N–H and O–H groups in total. The zero-order valence-corrected chi connectivity index (χ0v) is 21.8. The summed E-state index contributed by atoms with van der Waals surface area (Å²) in [5.41, 5.74) is 5.83. The number of carbonyl (C=O) groups excluding carboxylic acids is 4. The van der Waals surface area contributed by atoms with Gasteiger partial charge in [-0.05, 0) is 37.0 Å².